The molecule has 0 bridgehead atoms. The van der Waals surface area contributed by atoms with E-state index in [-0.39, 0.29) is 0 Å². The molecule has 1 N–H and O–H groups in total. The Morgan fingerprint density at radius 3 is 3.08 bits per heavy atom. The van der Waals surface area contributed by atoms with Gasteiger partial charge in [-0.25, -0.2) is 0 Å². The molecule has 2 rings (SSSR count). The molecule has 0 spiro atoms. The maximum atomic E-state index is 5.27. The van der Waals surface area contributed by atoms with Crippen molar-refractivity contribution >= 4 is 11.5 Å². The van der Waals surface area contributed by atoms with E-state index in [1.807, 2.05) is 5.38 Å². The van der Waals surface area contributed by atoms with Crippen molar-refractivity contribution in [1.82, 2.24) is 14.9 Å². The molecular weight excluding hydrogens is 186 g/mol. The average Bonchev–Trinajstić information content (AvgIpc) is 2.69. The third-order valence-electron chi connectivity index (χ3n) is 2.20. The molecule has 0 radical (unpaired) electrons. The van der Waals surface area contributed by atoms with Gasteiger partial charge in [-0.05, 0) is 24.4 Å². The molecule has 1 fully saturated rings. The zero-order chi connectivity index (χ0) is 8.93. The Kier molecular flexibility index (Phi) is 3.23. The van der Waals surface area contributed by atoms with Crippen LogP contribution < -0.4 is 5.32 Å². The van der Waals surface area contributed by atoms with Gasteiger partial charge in [0, 0.05) is 31.2 Å². The summed E-state index contributed by atoms with van der Waals surface area (Å²) in [5.41, 5.74) is 1.04. The molecule has 0 aliphatic carbocycles. The van der Waals surface area contributed by atoms with Gasteiger partial charge < -0.3 is 10.1 Å². The van der Waals surface area contributed by atoms with Gasteiger partial charge >= 0.3 is 0 Å². The fourth-order valence-corrected chi connectivity index (χ4v) is 1.86. The summed E-state index contributed by atoms with van der Waals surface area (Å²) >= 11 is 1.40. The average molecular weight is 199 g/mol. The lowest BCUT2D eigenvalue weighted by molar-refractivity contribution is 0.0775. The van der Waals surface area contributed by atoms with E-state index in [1.165, 1.54) is 11.5 Å². The summed E-state index contributed by atoms with van der Waals surface area (Å²) < 4.78 is 9.08. The van der Waals surface area contributed by atoms with E-state index in [0.717, 1.165) is 38.3 Å². The Morgan fingerprint density at radius 1 is 1.54 bits per heavy atom. The smallest absolute Gasteiger partial charge is 0.0893 e. The molecule has 13 heavy (non-hydrogen) atoms. The van der Waals surface area contributed by atoms with Crippen molar-refractivity contribution in [3.05, 3.63) is 11.1 Å². The fourth-order valence-electron chi connectivity index (χ4n) is 1.41. The van der Waals surface area contributed by atoms with Crippen LogP contribution in [0.5, 0.6) is 0 Å². The van der Waals surface area contributed by atoms with E-state index in [4.69, 9.17) is 4.74 Å². The lowest BCUT2D eigenvalue weighted by Crippen LogP contribution is -2.34. The Bertz CT molecular complexity index is 234. The first-order valence-corrected chi connectivity index (χ1v) is 5.36. The van der Waals surface area contributed by atoms with Crippen LogP contribution in [0.1, 0.15) is 18.5 Å². The Morgan fingerprint density at radius 2 is 2.38 bits per heavy atom. The Labute approximate surface area is 81.5 Å². The molecule has 1 aromatic rings. The second-order valence-corrected chi connectivity index (χ2v) is 3.77. The van der Waals surface area contributed by atoms with E-state index in [0.29, 0.717) is 6.04 Å². The zero-order valence-corrected chi connectivity index (χ0v) is 8.22. The highest BCUT2D eigenvalue weighted by Crippen LogP contribution is 2.07. The third-order valence-corrected chi connectivity index (χ3v) is 2.75. The number of hydrogen-bond donors (Lipinski definition) is 1. The summed E-state index contributed by atoms with van der Waals surface area (Å²) in [6.45, 7) is 2.60. The van der Waals surface area contributed by atoms with Crippen molar-refractivity contribution in [3.63, 3.8) is 0 Å². The first-order chi connectivity index (χ1) is 6.45. The molecule has 1 saturated heterocycles. The monoisotopic (exact) mass is 199 g/mol. The molecule has 1 aromatic heterocycles. The minimum absolute atomic E-state index is 0.593. The van der Waals surface area contributed by atoms with Crippen LogP contribution in [0.4, 0.5) is 0 Å². The Hall–Kier alpha value is -0.520. The molecular formula is C8H13N3OS. The number of rotatable bonds is 3. The molecule has 72 valence electrons. The van der Waals surface area contributed by atoms with Crippen molar-refractivity contribution in [2.24, 2.45) is 0 Å². The molecule has 1 aliphatic rings. The normalized spacial score (nSPS) is 19.1. The number of ether oxygens (including phenoxy) is 1. The first kappa shape index (κ1) is 9.05. The van der Waals surface area contributed by atoms with Crippen LogP contribution in [-0.2, 0) is 11.3 Å². The minimum Gasteiger partial charge on any atom is -0.381 e. The Balaban J connectivity index is 1.72. The van der Waals surface area contributed by atoms with Crippen molar-refractivity contribution in [2.45, 2.75) is 25.4 Å². The van der Waals surface area contributed by atoms with Gasteiger partial charge in [0.25, 0.3) is 0 Å². The lowest BCUT2D eigenvalue weighted by Gasteiger charge is -2.22. The van der Waals surface area contributed by atoms with Gasteiger partial charge in [0.15, 0.2) is 0 Å². The van der Waals surface area contributed by atoms with E-state index >= 15 is 0 Å². The summed E-state index contributed by atoms with van der Waals surface area (Å²) in [5.74, 6) is 0. The minimum atomic E-state index is 0.593. The van der Waals surface area contributed by atoms with Gasteiger partial charge in [0.05, 0.1) is 5.69 Å². The van der Waals surface area contributed by atoms with E-state index < -0.39 is 0 Å². The number of hydrogen-bond acceptors (Lipinski definition) is 5. The summed E-state index contributed by atoms with van der Waals surface area (Å²) in [4.78, 5) is 0. The van der Waals surface area contributed by atoms with Gasteiger partial charge in [0.1, 0.15) is 0 Å². The summed E-state index contributed by atoms with van der Waals surface area (Å²) in [6, 6.07) is 0.593. The first-order valence-electron chi connectivity index (χ1n) is 4.52. The largest absolute Gasteiger partial charge is 0.381 e. The molecule has 0 amide bonds. The van der Waals surface area contributed by atoms with Crippen LogP contribution >= 0.6 is 11.5 Å². The maximum Gasteiger partial charge on any atom is 0.0893 e. The second kappa shape index (κ2) is 4.64. The van der Waals surface area contributed by atoms with Crippen LogP contribution in [0.25, 0.3) is 0 Å². The van der Waals surface area contributed by atoms with Gasteiger partial charge in [-0.3, -0.25) is 0 Å². The molecule has 2 heterocycles. The standard InChI is InChI=1S/C8H13N3OS/c1-3-12-4-2-7(1)9-5-8-6-13-11-10-8/h6-7,9H,1-5H2. The van der Waals surface area contributed by atoms with Crippen molar-refractivity contribution < 1.29 is 4.74 Å². The topological polar surface area (TPSA) is 47.0 Å². The number of nitrogens with one attached hydrogen (secondary N) is 1. The molecule has 5 heteroatoms. The van der Waals surface area contributed by atoms with Gasteiger partial charge in [0.2, 0.25) is 0 Å². The van der Waals surface area contributed by atoms with Crippen LogP contribution in [0, 0.1) is 0 Å². The van der Waals surface area contributed by atoms with Gasteiger partial charge in [-0.15, -0.1) is 5.10 Å². The van der Waals surface area contributed by atoms with Crippen LogP contribution in [0.3, 0.4) is 0 Å². The van der Waals surface area contributed by atoms with E-state index in [1.54, 1.807) is 0 Å². The van der Waals surface area contributed by atoms with Crippen molar-refractivity contribution in [1.29, 1.82) is 0 Å². The molecule has 0 aromatic carbocycles. The lowest BCUT2D eigenvalue weighted by atomic mass is 10.1. The third kappa shape index (κ3) is 2.72. The summed E-state index contributed by atoms with van der Waals surface area (Å²) in [7, 11) is 0. The molecule has 4 nitrogen and oxygen atoms in total. The predicted molar refractivity (Wildman–Crippen MR) is 50.6 cm³/mol. The van der Waals surface area contributed by atoms with Crippen LogP contribution in [0.2, 0.25) is 0 Å². The van der Waals surface area contributed by atoms with Gasteiger partial charge in [-0.2, -0.15) is 0 Å². The molecule has 0 atom stereocenters. The summed E-state index contributed by atoms with van der Waals surface area (Å²) in [5, 5.41) is 9.40. The highest BCUT2D eigenvalue weighted by molar-refractivity contribution is 7.03. The van der Waals surface area contributed by atoms with Gasteiger partial charge in [-0.1, -0.05) is 4.49 Å². The molecule has 1 aliphatic heterocycles. The van der Waals surface area contributed by atoms with E-state index in [2.05, 4.69) is 14.9 Å². The SMILES string of the molecule is c1snnc1CNC1CCOCC1. The highest BCUT2D eigenvalue weighted by Gasteiger charge is 2.12. The number of nitrogens with zero attached hydrogens (tertiary/aromatic N) is 2. The molecule has 0 unspecified atom stereocenters. The fraction of sp³-hybridized carbons (Fsp3) is 0.750. The predicted octanol–water partition coefficient (Wildman–Crippen LogP) is 0.807. The van der Waals surface area contributed by atoms with Crippen LogP contribution in [-0.4, -0.2) is 28.8 Å². The second-order valence-electron chi connectivity index (χ2n) is 3.16. The van der Waals surface area contributed by atoms with Crippen molar-refractivity contribution in [2.75, 3.05) is 13.2 Å². The highest BCUT2D eigenvalue weighted by atomic mass is 32.1. The van der Waals surface area contributed by atoms with Crippen molar-refractivity contribution in [3.8, 4) is 0 Å². The number of aromatic nitrogens is 2. The van der Waals surface area contributed by atoms with E-state index in [9.17, 15) is 0 Å². The van der Waals surface area contributed by atoms with Crippen LogP contribution in [0.15, 0.2) is 5.38 Å². The quantitative estimate of drug-likeness (QED) is 0.782. The zero-order valence-electron chi connectivity index (χ0n) is 7.40. The maximum absolute atomic E-state index is 5.27. The summed E-state index contributed by atoms with van der Waals surface area (Å²) in [6.07, 6.45) is 2.22. The molecule has 0 saturated carbocycles.